The van der Waals surface area contributed by atoms with Crippen molar-refractivity contribution in [3.05, 3.63) is 12.2 Å². The fourth-order valence-corrected chi connectivity index (χ4v) is 8.65. The van der Waals surface area contributed by atoms with Crippen molar-refractivity contribution in [1.82, 2.24) is 0 Å². The lowest BCUT2D eigenvalue weighted by Gasteiger charge is -2.24. The lowest BCUT2D eigenvalue weighted by molar-refractivity contribution is -0.870. The van der Waals surface area contributed by atoms with Gasteiger partial charge in [0.05, 0.1) is 34.4 Å². The first-order valence-corrected chi connectivity index (χ1v) is 28.4. The highest BCUT2D eigenvalue weighted by Crippen LogP contribution is 2.43. The Morgan fingerprint density at radius 3 is 1.23 bits per heavy atom. The van der Waals surface area contributed by atoms with Crippen LogP contribution in [-0.4, -0.2) is 75.6 Å². The molecule has 370 valence electrons. The maximum absolute atomic E-state index is 12.8. The molecule has 0 aromatic rings. The largest absolute Gasteiger partial charge is 0.472 e. The Morgan fingerprint density at radius 1 is 0.484 bits per heavy atom. The second kappa shape index (κ2) is 46.8. The minimum Gasteiger partial charge on any atom is -0.457 e. The third kappa shape index (κ3) is 50.2. The van der Waals surface area contributed by atoms with Gasteiger partial charge in [0.15, 0.2) is 0 Å². The van der Waals surface area contributed by atoms with Crippen LogP contribution in [0.1, 0.15) is 264 Å². The fourth-order valence-electron chi connectivity index (χ4n) is 7.90. The van der Waals surface area contributed by atoms with Gasteiger partial charge in [0.1, 0.15) is 19.3 Å². The van der Waals surface area contributed by atoms with Gasteiger partial charge < -0.3 is 18.9 Å². The number of likely N-dealkylation sites (N-methyl/N-ethyl adjacent to an activating group) is 1. The number of nitrogens with zero attached hydrogens (tertiary/aromatic N) is 1. The van der Waals surface area contributed by atoms with Crippen LogP contribution >= 0.6 is 7.82 Å². The highest BCUT2D eigenvalue weighted by atomic mass is 31.2. The zero-order valence-electron chi connectivity index (χ0n) is 42.1. The van der Waals surface area contributed by atoms with E-state index in [9.17, 15) is 14.3 Å². The second-order valence-electron chi connectivity index (χ2n) is 19.6. The molecular formula is C53H107NO7P+. The van der Waals surface area contributed by atoms with Gasteiger partial charge in [-0.1, -0.05) is 231 Å². The Balaban J connectivity index is 4.02. The first kappa shape index (κ1) is 61.2. The number of esters is 1. The van der Waals surface area contributed by atoms with Gasteiger partial charge in [0.2, 0.25) is 0 Å². The highest BCUT2D eigenvalue weighted by Gasteiger charge is 2.26. The van der Waals surface area contributed by atoms with Gasteiger partial charge in [-0.25, -0.2) is 4.57 Å². The smallest absolute Gasteiger partial charge is 0.457 e. The maximum Gasteiger partial charge on any atom is 0.472 e. The van der Waals surface area contributed by atoms with Gasteiger partial charge in [-0.2, -0.15) is 0 Å². The number of phosphoric acid groups is 1. The van der Waals surface area contributed by atoms with E-state index < -0.39 is 13.9 Å². The molecule has 0 aliphatic carbocycles. The Bertz CT molecular complexity index is 1000. The van der Waals surface area contributed by atoms with Gasteiger partial charge >= 0.3 is 13.8 Å². The molecule has 0 heterocycles. The summed E-state index contributed by atoms with van der Waals surface area (Å²) in [7, 11) is 1.68. The molecule has 0 saturated heterocycles. The van der Waals surface area contributed by atoms with Gasteiger partial charge in [0, 0.05) is 13.0 Å². The zero-order valence-corrected chi connectivity index (χ0v) is 43.0. The van der Waals surface area contributed by atoms with Crippen LogP contribution in [-0.2, 0) is 27.9 Å². The molecule has 0 spiro atoms. The van der Waals surface area contributed by atoms with Crippen LogP contribution < -0.4 is 0 Å². The number of quaternary nitrogens is 1. The zero-order chi connectivity index (χ0) is 45.5. The van der Waals surface area contributed by atoms with Crippen molar-refractivity contribution >= 4 is 13.8 Å². The van der Waals surface area contributed by atoms with Crippen molar-refractivity contribution in [2.45, 2.75) is 270 Å². The molecule has 8 nitrogen and oxygen atoms in total. The standard InChI is InChI=1S/C53H106NO7P/c1-6-8-10-12-14-16-18-20-22-23-24-25-26-27-28-29-30-31-32-34-36-38-40-42-44-46-53(55)61-52(51-60-62(56,57)59-49-47-54(3,4)5)50-58-48-45-43-41-39-37-35-33-21-19-17-15-13-11-9-7-2/h19,21,52H,6-18,20,22-51H2,1-5H3/p+1/b21-19-. The minimum atomic E-state index is -4.28. The van der Waals surface area contributed by atoms with Crippen molar-refractivity contribution in [3.63, 3.8) is 0 Å². The molecule has 0 aliphatic heterocycles. The molecule has 0 aromatic heterocycles. The normalized spacial score (nSPS) is 13.6. The van der Waals surface area contributed by atoms with E-state index in [4.69, 9.17) is 18.5 Å². The van der Waals surface area contributed by atoms with E-state index in [1.807, 2.05) is 21.1 Å². The summed E-state index contributed by atoms with van der Waals surface area (Å²) in [5.74, 6) is -0.308. The molecule has 62 heavy (non-hydrogen) atoms. The number of allylic oxidation sites excluding steroid dienone is 2. The van der Waals surface area contributed by atoms with E-state index in [1.165, 1.54) is 212 Å². The van der Waals surface area contributed by atoms with Crippen LogP contribution in [0.5, 0.6) is 0 Å². The van der Waals surface area contributed by atoms with Crippen LogP contribution in [0.25, 0.3) is 0 Å². The molecule has 0 fully saturated rings. The van der Waals surface area contributed by atoms with Gasteiger partial charge in [-0.05, 0) is 38.5 Å². The maximum atomic E-state index is 12.8. The topological polar surface area (TPSA) is 91.3 Å². The van der Waals surface area contributed by atoms with Crippen LogP contribution in [0.4, 0.5) is 0 Å². The van der Waals surface area contributed by atoms with Crippen molar-refractivity contribution in [2.75, 3.05) is 54.1 Å². The molecule has 0 amide bonds. The number of rotatable bonds is 51. The molecule has 9 heteroatoms. The van der Waals surface area contributed by atoms with Crippen LogP contribution in [0.2, 0.25) is 0 Å². The van der Waals surface area contributed by atoms with E-state index in [-0.39, 0.29) is 25.8 Å². The summed E-state index contributed by atoms with van der Waals surface area (Å²) in [6, 6.07) is 0. The number of phosphoric ester groups is 1. The Morgan fingerprint density at radius 2 is 0.839 bits per heavy atom. The quantitative estimate of drug-likeness (QED) is 0.0214. The molecule has 2 atom stereocenters. The molecule has 0 radical (unpaired) electrons. The number of hydrogen-bond donors (Lipinski definition) is 1. The molecule has 2 unspecified atom stereocenters. The average Bonchev–Trinajstić information content (AvgIpc) is 3.23. The highest BCUT2D eigenvalue weighted by molar-refractivity contribution is 7.47. The number of ether oxygens (including phenoxy) is 2. The molecular weight excluding hydrogens is 794 g/mol. The predicted molar refractivity (Wildman–Crippen MR) is 266 cm³/mol. The SMILES string of the molecule is CCCCCCC/C=C\CCCCCCCCOCC(COP(=O)(O)OCC[N+](C)(C)C)OC(=O)CCCCCCCCCCCCCCCCCCCCCCCCCCC. The summed E-state index contributed by atoms with van der Waals surface area (Å²) < 4.78 is 35.2. The third-order valence-electron chi connectivity index (χ3n) is 12.1. The molecule has 0 aromatic carbocycles. The molecule has 0 aliphatic rings. The second-order valence-corrected chi connectivity index (χ2v) is 21.1. The van der Waals surface area contributed by atoms with E-state index >= 15 is 0 Å². The van der Waals surface area contributed by atoms with Gasteiger partial charge in [0.25, 0.3) is 0 Å². The number of carbonyl (C=O) groups excluding carboxylic acids is 1. The lowest BCUT2D eigenvalue weighted by Crippen LogP contribution is -2.37. The minimum absolute atomic E-state index is 0.0910. The lowest BCUT2D eigenvalue weighted by atomic mass is 10.0. The average molecular weight is 901 g/mol. The summed E-state index contributed by atoms with van der Waals surface area (Å²) >= 11 is 0. The first-order valence-electron chi connectivity index (χ1n) is 26.9. The first-order chi connectivity index (χ1) is 30.1. The number of hydrogen-bond acceptors (Lipinski definition) is 6. The van der Waals surface area contributed by atoms with E-state index in [2.05, 4.69) is 26.0 Å². The summed E-state index contributed by atoms with van der Waals surface area (Å²) in [6.45, 7) is 5.66. The van der Waals surface area contributed by atoms with E-state index in [0.717, 1.165) is 32.1 Å². The van der Waals surface area contributed by atoms with E-state index in [0.29, 0.717) is 24.1 Å². The van der Waals surface area contributed by atoms with Crippen molar-refractivity contribution in [1.29, 1.82) is 0 Å². The van der Waals surface area contributed by atoms with Gasteiger partial charge in [-0.15, -0.1) is 0 Å². The predicted octanol–water partition coefficient (Wildman–Crippen LogP) is 16.6. The van der Waals surface area contributed by atoms with Gasteiger partial charge in [-0.3, -0.25) is 13.8 Å². The molecule has 0 rings (SSSR count). The Hall–Kier alpha value is -0.760. The van der Waals surface area contributed by atoms with Crippen molar-refractivity contribution in [2.24, 2.45) is 0 Å². The summed E-state index contributed by atoms with van der Waals surface area (Å²) in [5.41, 5.74) is 0. The Labute approximate surface area is 386 Å². The summed E-state index contributed by atoms with van der Waals surface area (Å²) in [6.07, 6.45) is 54.1. The fraction of sp³-hybridized carbons (Fsp3) is 0.943. The van der Waals surface area contributed by atoms with Crippen LogP contribution in [0.15, 0.2) is 12.2 Å². The number of carbonyl (C=O) groups is 1. The van der Waals surface area contributed by atoms with Crippen molar-refractivity contribution < 1.29 is 37.3 Å². The molecule has 0 bridgehead atoms. The Kier molecular flexibility index (Phi) is 46.2. The van der Waals surface area contributed by atoms with Crippen LogP contribution in [0, 0.1) is 0 Å². The summed E-state index contributed by atoms with van der Waals surface area (Å²) in [5, 5.41) is 0. The number of unbranched alkanes of at least 4 members (excludes halogenated alkanes) is 35. The van der Waals surface area contributed by atoms with E-state index in [1.54, 1.807) is 0 Å². The van der Waals surface area contributed by atoms with Crippen LogP contribution in [0.3, 0.4) is 0 Å². The molecule has 1 N–H and O–H groups in total. The summed E-state index contributed by atoms with van der Waals surface area (Å²) in [4.78, 5) is 23.0. The molecule has 0 saturated carbocycles. The third-order valence-corrected chi connectivity index (χ3v) is 13.1. The monoisotopic (exact) mass is 901 g/mol. The van der Waals surface area contributed by atoms with Crippen molar-refractivity contribution in [3.8, 4) is 0 Å².